The van der Waals surface area contributed by atoms with Crippen LogP contribution in [0.4, 0.5) is 0 Å². The molecule has 1 aliphatic carbocycles. The first-order valence-corrected chi connectivity index (χ1v) is 9.66. The van der Waals surface area contributed by atoms with Gasteiger partial charge in [0.1, 0.15) is 6.61 Å². The molecule has 2 nitrogen and oxygen atoms in total. The standard InChI is InChI=1S/C25H30O2/c1-16-13-21-22(25(5,6)12-11-24(21,3)4)14-20(16)17(2)18-7-9-19(10-8-18)23(27)15-26/h7-10,13-14,26H,2,11-12,15H2,1,3-6H3. The Morgan fingerprint density at radius 3 is 1.96 bits per heavy atom. The van der Waals surface area contributed by atoms with Gasteiger partial charge in [0.05, 0.1) is 0 Å². The highest BCUT2D eigenvalue weighted by atomic mass is 16.3. The van der Waals surface area contributed by atoms with Crippen LogP contribution < -0.4 is 0 Å². The van der Waals surface area contributed by atoms with Crippen molar-refractivity contribution in [2.24, 2.45) is 0 Å². The second-order valence-corrected chi connectivity index (χ2v) is 9.12. The van der Waals surface area contributed by atoms with E-state index >= 15 is 0 Å². The summed E-state index contributed by atoms with van der Waals surface area (Å²) < 4.78 is 0. The lowest BCUT2D eigenvalue weighted by Gasteiger charge is -2.42. The largest absolute Gasteiger partial charge is 0.388 e. The third kappa shape index (κ3) is 3.51. The summed E-state index contributed by atoms with van der Waals surface area (Å²) in [7, 11) is 0. The zero-order valence-electron chi connectivity index (χ0n) is 17.1. The quantitative estimate of drug-likeness (QED) is 0.721. The fourth-order valence-corrected chi connectivity index (χ4v) is 4.15. The minimum absolute atomic E-state index is 0.158. The monoisotopic (exact) mass is 362 g/mol. The van der Waals surface area contributed by atoms with Crippen molar-refractivity contribution >= 4 is 11.4 Å². The number of ketones is 1. The normalized spacial score (nSPS) is 17.3. The van der Waals surface area contributed by atoms with Gasteiger partial charge >= 0.3 is 0 Å². The molecule has 3 rings (SSSR count). The van der Waals surface area contributed by atoms with E-state index in [1.165, 1.54) is 35.1 Å². The van der Waals surface area contributed by atoms with Gasteiger partial charge in [0, 0.05) is 5.56 Å². The second-order valence-electron chi connectivity index (χ2n) is 9.12. The van der Waals surface area contributed by atoms with E-state index in [-0.39, 0.29) is 16.6 Å². The van der Waals surface area contributed by atoms with Crippen LogP contribution in [0.5, 0.6) is 0 Å². The van der Waals surface area contributed by atoms with Crippen LogP contribution in [0.3, 0.4) is 0 Å². The first-order chi connectivity index (χ1) is 12.6. The number of aliphatic hydroxyl groups excluding tert-OH is 1. The fourth-order valence-electron chi connectivity index (χ4n) is 4.15. The van der Waals surface area contributed by atoms with Crippen LogP contribution in [0.25, 0.3) is 5.57 Å². The van der Waals surface area contributed by atoms with Crippen LogP contribution in [0, 0.1) is 6.92 Å². The summed E-state index contributed by atoms with van der Waals surface area (Å²) >= 11 is 0. The van der Waals surface area contributed by atoms with Gasteiger partial charge in [0.15, 0.2) is 5.78 Å². The van der Waals surface area contributed by atoms with E-state index in [2.05, 4.69) is 53.3 Å². The second kappa shape index (κ2) is 6.76. The van der Waals surface area contributed by atoms with Gasteiger partial charge in [0.25, 0.3) is 0 Å². The predicted octanol–water partition coefficient (Wildman–Crippen LogP) is 5.58. The molecule has 0 aliphatic heterocycles. The molecule has 2 aromatic rings. The first-order valence-electron chi connectivity index (χ1n) is 9.66. The molecule has 0 saturated carbocycles. The van der Waals surface area contributed by atoms with Crippen molar-refractivity contribution < 1.29 is 9.90 Å². The number of rotatable bonds is 4. The lowest BCUT2D eigenvalue weighted by Crippen LogP contribution is -2.34. The molecule has 142 valence electrons. The molecule has 0 heterocycles. The van der Waals surface area contributed by atoms with Crippen LogP contribution in [-0.4, -0.2) is 17.5 Å². The Morgan fingerprint density at radius 1 is 0.963 bits per heavy atom. The van der Waals surface area contributed by atoms with E-state index < -0.39 is 6.61 Å². The van der Waals surface area contributed by atoms with Crippen molar-refractivity contribution in [3.05, 3.63) is 76.4 Å². The summed E-state index contributed by atoms with van der Waals surface area (Å²) in [6, 6.07) is 12.0. The molecule has 0 radical (unpaired) electrons. The molecule has 2 aromatic carbocycles. The highest BCUT2D eigenvalue weighted by molar-refractivity contribution is 5.97. The molecular weight excluding hydrogens is 332 g/mol. The molecule has 27 heavy (non-hydrogen) atoms. The molecule has 0 amide bonds. The van der Waals surface area contributed by atoms with Crippen molar-refractivity contribution in [3.8, 4) is 0 Å². The van der Waals surface area contributed by atoms with E-state index in [1.54, 1.807) is 12.1 Å². The van der Waals surface area contributed by atoms with Gasteiger partial charge < -0.3 is 5.11 Å². The van der Waals surface area contributed by atoms with E-state index in [1.807, 2.05) is 12.1 Å². The number of fused-ring (bicyclic) bond motifs is 1. The third-order valence-electron chi connectivity index (χ3n) is 6.22. The van der Waals surface area contributed by atoms with Crippen molar-refractivity contribution in [2.75, 3.05) is 6.61 Å². The maximum Gasteiger partial charge on any atom is 0.188 e. The van der Waals surface area contributed by atoms with Gasteiger partial charge in [-0.3, -0.25) is 4.79 Å². The van der Waals surface area contributed by atoms with Crippen molar-refractivity contribution in [1.29, 1.82) is 0 Å². The molecular formula is C25H30O2. The van der Waals surface area contributed by atoms with Crippen molar-refractivity contribution in [1.82, 2.24) is 0 Å². The van der Waals surface area contributed by atoms with Gasteiger partial charge in [-0.25, -0.2) is 0 Å². The predicted molar refractivity (Wildman–Crippen MR) is 112 cm³/mol. The number of hydrogen-bond acceptors (Lipinski definition) is 2. The lowest BCUT2D eigenvalue weighted by atomic mass is 9.62. The summed E-state index contributed by atoms with van der Waals surface area (Å²) in [5, 5.41) is 9.02. The van der Waals surface area contributed by atoms with E-state index in [4.69, 9.17) is 5.11 Å². The SMILES string of the molecule is C=C(c1ccc(C(=O)CO)cc1)c1cc2c(cc1C)C(C)(C)CCC2(C)C. The Balaban J connectivity index is 2.05. The molecule has 0 fully saturated rings. The molecule has 0 unspecified atom stereocenters. The van der Waals surface area contributed by atoms with Gasteiger partial charge in [0.2, 0.25) is 0 Å². The van der Waals surface area contributed by atoms with E-state index in [9.17, 15) is 4.79 Å². The molecule has 0 spiro atoms. The fraction of sp³-hybridized carbons (Fsp3) is 0.400. The number of aliphatic hydroxyl groups is 1. The Kier molecular flexibility index (Phi) is 4.90. The smallest absolute Gasteiger partial charge is 0.188 e. The average Bonchev–Trinajstić information content (AvgIpc) is 2.64. The molecule has 1 N–H and O–H groups in total. The van der Waals surface area contributed by atoms with Crippen molar-refractivity contribution in [2.45, 2.75) is 58.3 Å². The summed E-state index contributed by atoms with van der Waals surface area (Å²) in [6.07, 6.45) is 2.38. The summed E-state index contributed by atoms with van der Waals surface area (Å²) in [6.45, 7) is 15.4. The molecule has 0 atom stereocenters. The van der Waals surface area contributed by atoms with E-state index in [0.717, 1.165) is 11.1 Å². The maximum atomic E-state index is 11.6. The average molecular weight is 363 g/mol. The summed E-state index contributed by atoms with van der Waals surface area (Å²) in [5.74, 6) is -0.263. The Hall–Kier alpha value is -2.19. The Labute approximate surface area is 162 Å². The Bertz CT molecular complexity index is 899. The van der Waals surface area contributed by atoms with Crippen molar-refractivity contribution in [3.63, 3.8) is 0 Å². The van der Waals surface area contributed by atoms with Crippen LogP contribution >= 0.6 is 0 Å². The number of hydrogen-bond donors (Lipinski definition) is 1. The zero-order chi connectivity index (χ0) is 20.0. The molecule has 2 heteroatoms. The number of carbonyl (C=O) groups is 1. The lowest BCUT2D eigenvalue weighted by molar-refractivity contribution is 0.0903. The molecule has 0 bridgehead atoms. The zero-order valence-corrected chi connectivity index (χ0v) is 17.1. The number of Topliss-reactive ketones (excluding diaryl/α,β-unsaturated/α-hetero) is 1. The topological polar surface area (TPSA) is 37.3 Å². The van der Waals surface area contributed by atoms with Crippen LogP contribution in [0.15, 0.2) is 43.0 Å². The molecule has 1 aliphatic rings. The summed E-state index contributed by atoms with van der Waals surface area (Å²) in [5.41, 5.74) is 8.13. The minimum Gasteiger partial charge on any atom is -0.388 e. The highest BCUT2D eigenvalue weighted by Crippen LogP contribution is 2.47. The molecule has 0 saturated heterocycles. The van der Waals surface area contributed by atoms with E-state index in [0.29, 0.717) is 5.56 Å². The minimum atomic E-state index is -0.463. The van der Waals surface area contributed by atoms with Crippen LogP contribution in [0.2, 0.25) is 0 Å². The first kappa shape index (κ1) is 19.6. The van der Waals surface area contributed by atoms with Gasteiger partial charge in [-0.05, 0) is 64.0 Å². The van der Waals surface area contributed by atoms with Crippen LogP contribution in [0.1, 0.15) is 78.7 Å². The number of carbonyl (C=O) groups excluding carboxylic acids is 1. The number of aryl methyl sites for hydroxylation is 1. The van der Waals surface area contributed by atoms with Gasteiger partial charge in [-0.1, -0.05) is 70.7 Å². The highest BCUT2D eigenvalue weighted by Gasteiger charge is 2.37. The van der Waals surface area contributed by atoms with Gasteiger partial charge in [-0.15, -0.1) is 0 Å². The Morgan fingerprint density at radius 2 is 1.44 bits per heavy atom. The number of benzene rings is 2. The van der Waals surface area contributed by atoms with Gasteiger partial charge in [-0.2, -0.15) is 0 Å². The maximum absolute atomic E-state index is 11.6. The third-order valence-corrected chi connectivity index (χ3v) is 6.22. The molecule has 0 aromatic heterocycles. The van der Waals surface area contributed by atoms with Crippen LogP contribution in [-0.2, 0) is 10.8 Å². The summed E-state index contributed by atoms with van der Waals surface area (Å²) in [4.78, 5) is 11.6.